The van der Waals surface area contributed by atoms with E-state index in [4.69, 9.17) is 10.1 Å². The number of hydrogen-bond donors (Lipinski definition) is 2. The summed E-state index contributed by atoms with van der Waals surface area (Å²) < 4.78 is 10.0. The van der Waals surface area contributed by atoms with Crippen molar-refractivity contribution in [1.29, 1.82) is 5.41 Å². The molecule has 0 radical (unpaired) electrons. The smallest absolute Gasteiger partial charge is 0.412 e. The second-order valence-electron chi connectivity index (χ2n) is 9.01. The molecule has 0 saturated carbocycles. The number of nitrogens with zero attached hydrogens (tertiary/aromatic N) is 1. The lowest BCUT2D eigenvalue weighted by molar-refractivity contribution is -0.150. The fraction of sp³-hybridized carbons (Fsp3) is 0.429. The zero-order valence-electron chi connectivity index (χ0n) is 21.2. The van der Waals surface area contributed by atoms with Crippen LogP contribution in [0.4, 0.5) is 4.79 Å². The largest absolute Gasteiger partial charge is 0.462 e. The Labute approximate surface area is 212 Å². The van der Waals surface area contributed by atoms with Crippen LogP contribution in [0.1, 0.15) is 61.9 Å². The summed E-state index contributed by atoms with van der Waals surface area (Å²) in [5.41, 5.74) is 3.07. The van der Waals surface area contributed by atoms with Crippen LogP contribution in [0.3, 0.4) is 0 Å². The number of likely N-dealkylation sites (tertiary alicyclic amines) is 1. The van der Waals surface area contributed by atoms with Gasteiger partial charge >= 0.3 is 12.1 Å². The minimum atomic E-state index is -0.687. The summed E-state index contributed by atoms with van der Waals surface area (Å²) in [6.45, 7) is 5.31. The fourth-order valence-electron chi connectivity index (χ4n) is 4.31. The maximum Gasteiger partial charge on any atom is 0.412 e. The molecule has 2 aromatic rings. The van der Waals surface area contributed by atoms with Gasteiger partial charge in [0.25, 0.3) is 5.91 Å². The molecule has 8 heteroatoms. The Bertz CT molecular complexity index is 1050. The number of amidine groups is 1. The highest BCUT2D eigenvalue weighted by atomic mass is 16.5. The first-order valence-corrected chi connectivity index (χ1v) is 12.5. The van der Waals surface area contributed by atoms with Crippen molar-refractivity contribution >= 4 is 23.8 Å². The normalized spacial score (nSPS) is 13.8. The molecule has 0 atom stereocenters. The van der Waals surface area contributed by atoms with Gasteiger partial charge in [-0.15, -0.1) is 0 Å². The molecule has 0 bridgehead atoms. The minimum absolute atomic E-state index is 0.00251. The van der Waals surface area contributed by atoms with E-state index in [-0.39, 0.29) is 29.7 Å². The number of rotatable bonds is 8. The fourth-order valence-corrected chi connectivity index (χ4v) is 4.31. The van der Waals surface area contributed by atoms with E-state index in [1.54, 1.807) is 12.1 Å². The Morgan fingerprint density at radius 2 is 1.47 bits per heavy atom. The van der Waals surface area contributed by atoms with E-state index in [1.165, 1.54) is 7.11 Å². The van der Waals surface area contributed by atoms with Gasteiger partial charge in [-0.25, -0.2) is 4.79 Å². The van der Waals surface area contributed by atoms with Crippen molar-refractivity contribution in [3.8, 4) is 11.1 Å². The molecule has 1 aliphatic rings. The first kappa shape index (κ1) is 26.9. The van der Waals surface area contributed by atoms with E-state index >= 15 is 0 Å². The number of alkyl carbamates (subject to hydrolysis) is 1. The third-order valence-corrected chi connectivity index (χ3v) is 6.62. The number of nitrogens with one attached hydrogen (secondary N) is 2. The molecule has 0 aromatic heterocycles. The molecular weight excluding hydrogens is 458 g/mol. The SMILES string of the molecule is CCC(CC)OC(=O)CC1CCN(C(=O)c2ccc(-c3ccc(C(=N)NC(=O)OC)cc3)cc2)CC1. The Kier molecular flexibility index (Phi) is 9.61. The van der Waals surface area contributed by atoms with Crippen LogP contribution in [0.2, 0.25) is 0 Å². The van der Waals surface area contributed by atoms with E-state index in [2.05, 4.69) is 10.1 Å². The zero-order valence-corrected chi connectivity index (χ0v) is 21.2. The van der Waals surface area contributed by atoms with Gasteiger partial charge in [0, 0.05) is 30.6 Å². The number of ether oxygens (including phenoxy) is 2. The average Bonchev–Trinajstić information content (AvgIpc) is 2.91. The van der Waals surface area contributed by atoms with Crippen LogP contribution in [0.5, 0.6) is 0 Å². The minimum Gasteiger partial charge on any atom is -0.462 e. The quantitative estimate of drug-likeness (QED) is 0.305. The maximum absolute atomic E-state index is 13.0. The first-order valence-electron chi connectivity index (χ1n) is 12.5. The van der Waals surface area contributed by atoms with Crippen LogP contribution in [0.15, 0.2) is 48.5 Å². The summed E-state index contributed by atoms with van der Waals surface area (Å²) in [6.07, 6.45) is 2.99. The Morgan fingerprint density at radius 1 is 0.944 bits per heavy atom. The summed E-state index contributed by atoms with van der Waals surface area (Å²) in [5, 5.41) is 10.3. The molecule has 1 aliphatic heterocycles. The number of benzene rings is 2. The third kappa shape index (κ3) is 7.16. The van der Waals surface area contributed by atoms with Crippen LogP contribution >= 0.6 is 0 Å². The highest BCUT2D eigenvalue weighted by Gasteiger charge is 2.26. The molecular formula is C28H35N3O5. The van der Waals surface area contributed by atoms with Crippen LogP contribution in [-0.2, 0) is 14.3 Å². The third-order valence-electron chi connectivity index (χ3n) is 6.62. The Morgan fingerprint density at radius 3 is 1.97 bits per heavy atom. The molecule has 36 heavy (non-hydrogen) atoms. The number of esters is 1. The summed E-state index contributed by atoms with van der Waals surface area (Å²) in [6, 6.07) is 14.7. The van der Waals surface area contributed by atoms with Gasteiger partial charge in [0.15, 0.2) is 0 Å². The molecule has 8 nitrogen and oxygen atoms in total. The molecule has 0 unspecified atom stereocenters. The van der Waals surface area contributed by atoms with Gasteiger partial charge in [-0.05, 0) is 54.9 Å². The number of piperidine rings is 1. The summed E-state index contributed by atoms with van der Waals surface area (Å²) >= 11 is 0. The molecule has 3 rings (SSSR count). The van der Waals surface area contributed by atoms with Crippen molar-refractivity contribution in [3.05, 3.63) is 59.7 Å². The highest BCUT2D eigenvalue weighted by molar-refractivity contribution is 6.04. The van der Waals surface area contributed by atoms with Gasteiger partial charge in [-0.2, -0.15) is 0 Å². The van der Waals surface area contributed by atoms with E-state index < -0.39 is 6.09 Å². The number of methoxy groups -OCH3 is 1. The number of carbonyl (C=O) groups excluding carboxylic acids is 3. The average molecular weight is 494 g/mol. The predicted octanol–water partition coefficient (Wildman–Crippen LogP) is 5.01. The molecule has 1 saturated heterocycles. The first-order chi connectivity index (χ1) is 17.3. The zero-order chi connectivity index (χ0) is 26.1. The summed E-state index contributed by atoms with van der Waals surface area (Å²) in [5.74, 6) is 0.0811. The molecule has 0 spiro atoms. The van der Waals surface area contributed by atoms with Gasteiger partial charge in [-0.3, -0.25) is 20.3 Å². The molecule has 192 valence electrons. The number of hydrogen-bond acceptors (Lipinski definition) is 6. The lowest BCUT2D eigenvalue weighted by Gasteiger charge is -2.32. The molecule has 2 N–H and O–H groups in total. The second kappa shape index (κ2) is 12.9. The molecule has 2 amide bonds. The molecule has 0 aliphatic carbocycles. The highest BCUT2D eigenvalue weighted by Crippen LogP contribution is 2.25. The standard InChI is InChI=1S/C28H35N3O5/c1-4-24(5-2)36-25(32)18-19-14-16-31(17-15-19)27(33)23-12-8-21(9-13-23)20-6-10-22(11-7-20)26(29)30-28(34)35-3/h6-13,19,24H,4-5,14-18H2,1-3H3,(H2,29,30,34). The van der Waals surface area contributed by atoms with E-state index in [0.29, 0.717) is 30.6 Å². The van der Waals surface area contributed by atoms with Crippen LogP contribution in [-0.4, -0.2) is 55.0 Å². The predicted molar refractivity (Wildman–Crippen MR) is 138 cm³/mol. The van der Waals surface area contributed by atoms with Crippen molar-refractivity contribution in [2.75, 3.05) is 20.2 Å². The van der Waals surface area contributed by atoms with Crippen molar-refractivity contribution in [2.45, 2.75) is 52.1 Å². The van der Waals surface area contributed by atoms with E-state index in [0.717, 1.165) is 36.8 Å². The van der Waals surface area contributed by atoms with Crippen molar-refractivity contribution < 1.29 is 23.9 Å². The van der Waals surface area contributed by atoms with Gasteiger partial charge in [0.2, 0.25) is 0 Å². The van der Waals surface area contributed by atoms with Gasteiger partial charge in [0.05, 0.1) is 7.11 Å². The summed E-state index contributed by atoms with van der Waals surface area (Å²) in [4.78, 5) is 38.3. The Balaban J connectivity index is 1.52. The molecule has 1 heterocycles. The van der Waals surface area contributed by atoms with Gasteiger partial charge in [0.1, 0.15) is 11.9 Å². The van der Waals surface area contributed by atoms with Crippen molar-refractivity contribution in [3.63, 3.8) is 0 Å². The Hall–Kier alpha value is -3.68. The van der Waals surface area contributed by atoms with Crippen LogP contribution in [0.25, 0.3) is 11.1 Å². The van der Waals surface area contributed by atoms with Crippen LogP contribution in [0, 0.1) is 11.3 Å². The van der Waals surface area contributed by atoms with Crippen molar-refractivity contribution in [2.24, 2.45) is 5.92 Å². The monoisotopic (exact) mass is 493 g/mol. The maximum atomic E-state index is 13.0. The number of carbonyl (C=O) groups is 3. The van der Waals surface area contributed by atoms with Crippen LogP contribution < -0.4 is 5.32 Å². The van der Waals surface area contributed by atoms with E-state index in [1.807, 2.05) is 55.1 Å². The van der Waals surface area contributed by atoms with Gasteiger partial charge < -0.3 is 14.4 Å². The molecule has 1 fully saturated rings. The van der Waals surface area contributed by atoms with Gasteiger partial charge in [-0.1, -0.05) is 50.2 Å². The summed E-state index contributed by atoms with van der Waals surface area (Å²) in [7, 11) is 1.25. The topological polar surface area (TPSA) is 109 Å². The van der Waals surface area contributed by atoms with Crippen molar-refractivity contribution in [1.82, 2.24) is 10.2 Å². The number of amides is 2. The lowest BCUT2D eigenvalue weighted by Crippen LogP contribution is -2.39. The van der Waals surface area contributed by atoms with E-state index in [9.17, 15) is 14.4 Å². The second-order valence-corrected chi connectivity index (χ2v) is 9.01. The molecule has 2 aromatic carbocycles. The lowest BCUT2D eigenvalue weighted by atomic mass is 9.93.